The lowest BCUT2D eigenvalue weighted by Gasteiger charge is -2.14. The van der Waals surface area contributed by atoms with Crippen molar-refractivity contribution in [3.8, 4) is 5.75 Å². The van der Waals surface area contributed by atoms with Crippen LogP contribution in [0.1, 0.15) is 35.3 Å². The van der Waals surface area contributed by atoms with E-state index in [4.69, 9.17) is 9.84 Å². The van der Waals surface area contributed by atoms with Crippen LogP contribution in [0.5, 0.6) is 5.75 Å². The second-order valence-electron chi connectivity index (χ2n) is 5.32. The monoisotopic (exact) mass is 327 g/mol. The maximum atomic E-state index is 12.5. The Morgan fingerprint density at radius 3 is 2.08 bits per heavy atom. The topological polar surface area (TPSA) is 75.6 Å². The fourth-order valence-corrected chi connectivity index (χ4v) is 2.44. The van der Waals surface area contributed by atoms with Gasteiger partial charge in [-0.3, -0.25) is 4.79 Å². The number of carbonyl (C=O) groups excluding carboxylic acids is 1. The summed E-state index contributed by atoms with van der Waals surface area (Å²) >= 11 is 0. The molecule has 24 heavy (non-hydrogen) atoms. The van der Waals surface area contributed by atoms with Crippen molar-refractivity contribution in [2.24, 2.45) is 0 Å². The van der Waals surface area contributed by atoms with Crippen molar-refractivity contribution in [2.45, 2.75) is 26.7 Å². The van der Waals surface area contributed by atoms with Gasteiger partial charge < -0.3 is 15.2 Å². The van der Waals surface area contributed by atoms with E-state index in [0.29, 0.717) is 11.3 Å². The highest BCUT2D eigenvalue weighted by molar-refractivity contribution is 6.05. The van der Waals surface area contributed by atoms with Gasteiger partial charge in [0.05, 0.1) is 0 Å². The molecule has 0 aromatic heterocycles. The van der Waals surface area contributed by atoms with Crippen molar-refractivity contribution < 1.29 is 19.4 Å². The van der Waals surface area contributed by atoms with Crippen LogP contribution in [0.3, 0.4) is 0 Å². The summed E-state index contributed by atoms with van der Waals surface area (Å²) < 4.78 is 5.06. The highest BCUT2D eigenvalue weighted by atomic mass is 16.5. The standard InChI is InChI=1S/C19H21NO4/c1-3-13-6-5-7-14(4-2)18(13)20-19(23)15-8-10-16(11-9-15)24-12-17(21)22/h5-11H,3-4,12H2,1-2H3,(H,20,23)(H,21,22). The second kappa shape index (κ2) is 8.15. The number of hydrogen-bond acceptors (Lipinski definition) is 3. The average molecular weight is 327 g/mol. The molecule has 0 aliphatic carbocycles. The Morgan fingerprint density at radius 2 is 1.58 bits per heavy atom. The zero-order valence-electron chi connectivity index (χ0n) is 13.8. The Balaban J connectivity index is 2.14. The average Bonchev–Trinajstić information content (AvgIpc) is 2.60. The van der Waals surface area contributed by atoms with Gasteiger partial charge in [-0.1, -0.05) is 32.0 Å². The van der Waals surface area contributed by atoms with Crippen molar-refractivity contribution in [1.82, 2.24) is 0 Å². The van der Waals surface area contributed by atoms with E-state index >= 15 is 0 Å². The third-order valence-electron chi connectivity index (χ3n) is 3.72. The molecule has 0 saturated heterocycles. The SMILES string of the molecule is CCc1cccc(CC)c1NC(=O)c1ccc(OCC(=O)O)cc1. The van der Waals surface area contributed by atoms with E-state index in [1.165, 1.54) is 0 Å². The third-order valence-corrected chi connectivity index (χ3v) is 3.72. The first-order chi connectivity index (χ1) is 11.5. The molecule has 2 rings (SSSR count). The van der Waals surface area contributed by atoms with E-state index in [2.05, 4.69) is 19.2 Å². The highest BCUT2D eigenvalue weighted by Gasteiger charge is 2.12. The number of carboxylic acids is 1. The van der Waals surface area contributed by atoms with Crippen molar-refractivity contribution in [2.75, 3.05) is 11.9 Å². The van der Waals surface area contributed by atoms with E-state index in [-0.39, 0.29) is 5.91 Å². The lowest BCUT2D eigenvalue weighted by Crippen LogP contribution is -2.15. The number of rotatable bonds is 7. The van der Waals surface area contributed by atoms with E-state index in [1.807, 2.05) is 18.2 Å². The Bertz CT molecular complexity index is 700. The molecule has 0 bridgehead atoms. The Hall–Kier alpha value is -2.82. The van der Waals surface area contributed by atoms with Gasteiger partial charge in [0.2, 0.25) is 0 Å². The van der Waals surface area contributed by atoms with Crippen LogP contribution in [0.25, 0.3) is 0 Å². The first kappa shape index (κ1) is 17.5. The fourth-order valence-electron chi connectivity index (χ4n) is 2.44. The molecule has 126 valence electrons. The summed E-state index contributed by atoms with van der Waals surface area (Å²) in [4.78, 5) is 23.0. The number of carbonyl (C=O) groups is 2. The maximum Gasteiger partial charge on any atom is 0.341 e. The van der Waals surface area contributed by atoms with E-state index in [1.54, 1.807) is 24.3 Å². The van der Waals surface area contributed by atoms with Crippen LogP contribution in [0.15, 0.2) is 42.5 Å². The molecular weight excluding hydrogens is 306 g/mol. The van der Waals surface area contributed by atoms with Gasteiger partial charge in [-0.15, -0.1) is 0 Å². The van der Waals surface area contributed by atoms with Crippen molar-refractivity contribution in [1.29, 1.82) is 0 Å². The van der Waals surface area contributed by atoms with E-state index in [0.717, 1.165) is 29.7 Å². The third kappa shape index (κ3) is 4.35. The smallest absolute Gasteiger partial charge is 0.341 e. The van der Waals surface area contributed by atoms with Crippen molar-refractivity contribution >= 4 is 17.6 Å². The molecule has 0 saturated carbocycles. The number of anilines is 1. The van der Waals surface area contributed by atoms with Crippen LogP contribution in [0, 0.1) is 0 Å². The molecule has 0 atom stereocenters. The molecule has 0 radical (unpaired) electrons. The van der Waals surface area contributed by atoms with Gasteiger partial charge in [0.1, 0.15) is 5.75 Å². The van der Waals surface area contributed by atoms with E-state index in [9.17, 15) is 9.59 Å². The number of aryl methyl sites for hydroxylation is 2. The summed E-state index contributed by atoms with van der Waals surface area (Å²) in [6.45, 7) is 3.70. The number of ether oxygens (including phenoxy) is 1. The molecule has 0 aliphatic heterocycles. The predicted octanol–water partition coefficient (Wildman–Crippen LogP) is 3.53. The van der Waals surface area contributed by atoms with Gasteiger partial charge in [0.25, 0.3) is 5.91 Å². The van der Waals surface area contributed by atoms with Gasteiger partial charge in [-0.25, -0.2) is 4.79 Å². The van der Waals surface area contributed by atoms with Gasteiger partial charge >= 0.3 is 5.97 Å². The number of para-hydroxylation sites is 1. The molecule has 0 spiro atoms. The molecule has 2 aromatic carbocycles. The highest BCUT2D eigenvalue weighted by Crippen LogP contribution is 2.23. The minimum Gasteiger partial charge on any atom is -0.482 e. The normalized spacial score (nSPS) is 10.2. The van der Waals surface area contributed by atoms with Gasteiger partial charge in [0, 0.05) is 11.3 Å². The molecule has 0 aliphatic rings. The quantitative estimate of drug-likeness (QED) is 0.816. The van der Waals surface area contributed by atoms with Crippen LogP contribution in [0.4, 0.5) is 5.69 Å². The largest absolute Gasteiger partial charge is 0.482 e. The lowest BCUT2D eigenvalue weighted by atomic mass is 10.0. The van der Waals surface area contributed by atoms with Crippen LogP contribution in [-0.2, 0) is 17.6 Å². The Kier molecular flexibility index (Phi) is 5.95. The van der Waals surface area contributed by atoms with E-state index < -0.39 is 12.6 Å². The molecule has 2 aromatic rings. The number of aliphatic carboxylic acids is 1. The molecule has 0 fully saturated rings. The Labute approximate surface area is 141 Å². The first-order valence-electron chi connectivity index (χ1n) is 7.91. The first-order valence-corrected chi connectivity index (χ1v) is 7.91. The molecule has 5 heteroatoms. The fraction of sp³-hybridized carbons (Fsp3) is 0.263. The van der Waals surface area contributed by atoms with Gasteiger partial charge in [0.15, 0.2) is 6.61 Å². The number of hydrogen-bond donors (Lipinski definition) is 2. The van der Waals surface area contributed by atoms with Gasteiger partial charge in [-0.2, -0.15) is 0 Å². The summed E-state index contributed by atoms with van der Waals surface area (Å²) in [5.74, 6) is -0.826. The summed E-state index contributed by atoms with van der Waals surface area (Å²) in [6.07, 6.45) is 1.68. The zero-order valence-corrected chi connectivity index (χ0v) is 13.8. The summed E-state index contributed by atoms with van der Waals surface area (Å²) in [7, 11) is 0. The molecule has 2 N–H and O–H groups in total. The predicted molar refractivity (Wildman–Crippen MR) is 92.7 cm³/mol. The molecule has 1 amide bonds. The van der Waals surface area contributed by atoms with Crippen LogP contribution >= 0.6 is 0 Å². The second-order valence-corrected chi connectivity index (χ2v) is 5.32. The Morgan fingerprint density at radius 1 is 1.00 bits per heavy atom. The van der Waals surface area contributed by atoms with Crippen LogP contribution < -0.4 is 10.1 Å². The number of nitrogens with one attached hydrogen (secondary N) is 1. The molecule has 0 unspecified atom stereocenters. The summed E-state index contributed by atoms with van der Waals surface area (Å²) in [5.41, 5.74) is 3.57. The zero-order chi connectivity index (χ0) is 17.5. The summed E-state index contributed by atoms with van der Waals surface area (Å²) in [5, 5.41) is 11.6. The van der Waals surface area contributed by atoms with Crippen LogP contribution in [-0.4, -0.2) is 23.6 Å². The van der Waals surface area contributed by atoms with Gasteiger partial charge in [-0.05, 0) is 48.2 Å². The maximum absolute atomic E-state index is 12.5. The molecule has 5 nitrogen and oxygen atoms in total. The van der Waals surface area contributed by atoms with Crippen molar-refractivity contribution in [3.05, 3.63) is 59.2 Å². The minimum absolute atomic E-state index is 0.199. The minimum atomic E-state index is -1.04. The number of carboxylic acid groups (broad SMARTS) is 1. The van der Waals surface area contributed by atoms with Crippen molar-refractivity contribution in [3.63, 3.8) is 0 Å². The number of amides is 1. The lowest BCUT2D eigenvalue weighted by molar-refractivity contribution is -0.139. The molecular formula is C19H21NO4. The van der Waals surface area contributed by atoms with Crippen LogP contribution in [0.2, 0.25) is 0 Å². The molecule has 0 heterocycles. The summed E-state index contributed by atoms with van der Waals surface area (Å²) in [6, 6.07) is 12.4. The number of benzene rings is 2.